The van der Waals surface area contributed by atoms with Gasteiger partial charge < -0.3 is 10.5 Å². The fourth-order valence-corrected chi connectivity index (χ4v) is 1.83. The molecule has 0 aromatic heterocycles. The Morgan fingerprint density at radius 1 is 1.13 bits per heavy atom. The minimum atomic E-state index is 0.168. The first-order chi connectivity index (χ1) is 7.07. The van der Waals surface area contributed by atoms with Crippen LogP contribution in [0.2, 0.25) is 0 Å². The van der Waals surface area contributed by atoms with Crippen molar-refractivity contribution in [1.29, 1.82) is 0 Å². The Morgan fingerprint density at radius 3 is 2.27 bits per heavy atom. The van der Waals surface area contributed by atoms with Crippen LogP contribution in [0.3, 0.4) is 0 Å². The topological polar surface area (TPSA) is 35.2 Å². The van der Waals surface area contributed by atoms with E-state index in [2.05, 4.69) is 26.8 Å². The van der Waals surface area contributed by atoms with Crippen LogP contribution in [0.25, 0.3) is 0 Å². The zero-order valence-electron chi connectivity index (χ0n) is 10.0. The molecule has 1 aromatic rings. The Morgan fingerprint density at radius 2 is 1.73 bits per heavy atom. The second kappa shape index (κ2) is 5.17. The highest BCUT2D eigenvalue weighted by Gasteiger charge is 2.20. The average Bonchev–Trinajstić information content (AvgIpc) is 2.26. The molecule has 0 fully saturated rings. The van der Waals surface area contributed by atoms with Gasteiger partial charge in [-0.25, -0.2) is 0 Å². The summed E-state index contributed by atoms with van der Waals surface area (Å²) in [6.07, 6.45) is 0. The lowest BCUT2D eigenvalue weighted by Gasteiger charge is -2.25. The molecule has 15 heavy (non-hydrogen) atoms. The third-order valence-corrected chi connectivity index (χ3v) is 2.98. The van der Waals surface area contributed by atoms with E-state index in [1.165, 1.54) is 5.56 Å². The molecule has 0 amide bonds. The van der Waals surface area contributed by atoms with Crippen LogP contribution in [0.15, 0.2) is 24.3 Å². The van der Waals surface area contributed by atoms with Crippen molar-refractivity contribution in [3.8, 4) is 5.75 Å². The molecule has 0 saturated heterocycles. The van der Waals surface area contributed by atoms with Gasteiger partial charge in [0, 0.05) is 12.0 Å². The Kier molecular flexibility index (Phi) is 4.15. The molecule has 2 heteroatoms. The molecule has 0 saturated carbocycles. The average molecular weight is 207 g/mol. The van der Waals surface area contributed by atoms with E-state index in [1.807, 2.05) is 18.2 Å². The summed E-state index contributed by atoms with van der Waals surface area (Å²) < 4.78 is 5.34. The second-order valence-electron chi connectivity index (χ2n) is 4.35. The summed E-state index contributed by atoms with van der Waals surface area (Å²) in [4.78, 5) is 0. The van der Waals surface area contributed by atoms with Gasteiger partial charge in [0.1, 0.15) is 5.75 Å². The summed E-state index contributed by atoms with van der Waals surface area (Å²) in [6.45, 7) is 6.45. The predicted molar refractivity (Wildman–Crippen MR) is 64.2 cm³/mol. The highest BCUT2D eigenvalue weighted by molar-refractivity contribution is 5.36. The highest BCUT2D eigenvalue weighted by atomic mass is 16.5. The minimum Gasteiger partial charge on any atom is -0.496 e. The Bertz CT molecular complexity index is 309. The second-order valence-corrected chi connectivity index (χ2v) is 4.35. The van der Waals surface area contributed by atoms with Gasteiger partial charge in [0.05, 0.1) is 7.11 Å². The van der Waals surface area contributed by atoms with Gasteiger partial charge in [0.15, 0.2) is 0 Å². The monoisotopic (exact) mass is 207 g/mol. The maximum Gasteiger partial charge on any atom is 0.122 e. The van der Waals surface area contributed by atoms with Crippen LogP contribution < -0.4 is 10.5 Å². The van der Waals surface area contributed by atoms with Gasteiger partial charge in [-0.15, -0.1) is 0 Å². The van der Waals surface area contributed by atoms with E-state index < -0.39 is 0 Å². The van der Waals surface area contributed by atoms with Crippen LogP contribution >= 0.6 is 0 Å². The number of ether oxygens (including phenoxy) is 1. The van der Waals surface area contributed by atoms with Gasteiger partial charge in [0.25, 0.3) is 0 Å². The molecule has 84 valence electrons. The maximum absolute atomic E-state index is 6.16. The lowest BCUT2D eigenvalue weighted by molar-refractivity contribution is 0.387. The van der Waals surface area contributed by atoms with Crippen molar-refractivity contribution in [3.05, 3.63) is 29.8 Å². The van der Waals surface area contributed by atoms with Crippen molar-refractivity contribution >= 4 is 0 Å². The van der Waals surface area contributed by atoms with E-state index in [1.54, 1.807) is 7.11 Å². The van der Waals surface area contributed by atoms with Crippen LogP contribution in [0.5, 0.6) is 5.75 Å². The number of nitrogens with two attached hydrogens (primary N) is 1. The molecule has 0 aliphatic carbocycles. The number of rotatable bonds is 4. The zero-order valence-corrected chi connectivity index (χ0v) is 10.0. The van der Waals surface area contributed by atoms with Gasteiger partial charge in [-0.2, -0.15) is 0 Å². The van der Waals surface area contributed by atoms with E-state index >= 15 is 0 Å². The molecule has 2 nitrogen and oxygen atoms in total. The quantitative estimate of drug-likeness (QED) is 0.824. The molecular weight excluding hydrogens is 186 g/mol. The third kappa shape index (κ3) is 2.72. The molecule has 0 aliphatic heterocycles. The standard InChI is InChI=1S/C13H21NO/c1-9(2)13(14)10(3)11-7-5-6-8-12(11)15-4/h5-10,13H,14H2,1-4H3. The van der Waals surface area contributed by atoms with Crippen LogP contribution in [0.4, 0.5) is 0 Å². The molecule has 2 atom stereocenters. The van der Waals surface area contributed by atoms with Crippen molar-refractivity contribution in [1.82, 2.24) is 0 Å². The van der Waals surface area contributed by atoms with Gasteiger partial charge in [-0.05, 0) is 17.5 Å². The van der Waals surface area contributed by atoms with Crippen molar-refractivity contribution in [3.63, 3.8) is 0 Å². The molecular formula is C13H21NO. The molecule has 2 N–H and O–H groups in total. The van der Waals surface area contributed by atoms with Gasteiger partial charge in [0.2, 0.25) is 0 Å². The number of hydrogen-bond donors (Lipinski definition) is 1. The first kappa shape index (κ1) is 12.1. The van der Waals surface area contributed by atoms with Crippen LogP contribution in [0, 0.1) is 5.92 Å². The maximum atomic E-state index is 6.16. The highest BCUT2D eigenvalue weighted by Crippen LogP contribution is 2.29. The SMILES string of the molecule is COc1ccccc1C(C)C(N)C(C)C. The van der Waals surface area contributed by atoms with Gasteiger partial charge >= 0.3 is 0 Å². The summed E-state index contributed by atoms with van der Waals surface area (Å²) in [6, 6.07) is 8.25. The van der Waals surface area contributed by atoms with E-state index in [0.29, 0.717) is 11.8 Å². The Hall–Kier alpha value is -1.02. The zero-order chi connectivity index (χ0) is 11.4. The summed E-state index contributed by atoms with van der Waals surface area (Å²) in [5.74, 6) is 1.73. The van der Waals surface area contributed by atoms with Gasteiger partial charge in [-0.1, -0.05) is 39.0 Å². The molecule has 0 spiro atoms. The smallest absolute Gasteiger partial charge is 0.122 e. The summed E-state index contributed by atoms with van der Waals surface area (Å²) >= 11 is 0. The molecule has 2 unspecified atom stereocenters. The largest absolute Gasteiger partial charge is 0.496 e. The van der Waals surface area contributed by atoms with E-state index in [4.69, 9.17) is 10.5 Å². The van der Waals surface area contributed by atoms with E-state index in [-0.39, 0.29) is 6.04 Å². The van der Waals surface area contributed by atoms with Crippen LogP contribution in [-0.2, 0) is 0 Å². The summed E-state index contributed by atoms with van der Waals surface area (Å²) in [5.41, 5.74) is 7.36. The third-order valence-electron chi connectivity index (χ3n) is 2.98. The van der Waals surface area contributed by atoms with E-state index in [0.717, 1.165) is 5.75 Å². The van der Waals surface area contributed by atoms with Crippen LogP contribution in [0.1, 0.15) is 32.3 Å². The molecule has 1 rings (SSSR count). The Balaban J connectivity index is 2.94. The summed E-state index contributed by atoms with van der Waals surface area (Å²) in [7, 11) is 1.70. The molecule has 0 radical (unpaired) electrons. The van der Waals surface area contributed by atoms with E-state index in [9.17, 15) is 0 Å². The number of para-hydroxylation sites is 1. The van der Waals surface area contributed by atoms with Crippen molar-refractivity contribution < 1.29 is 4.74 Å². The minimum absolute atomic E-state index is 0.168. The van der Waals surface area contributed by atoms with Crippen molar-refractivity contribution in [2.45, 2.75) is 32.7 Å². The lowest BCUT2D eigenvalue weighted by atomic mass is 9.87. The number of benzene rings is 1. The first-order valence-corrected chi connectivity index (χ1v) is 5.46. The fourth-order valence-electron chi connectivity index (χ4n) is 1.83. The number of methoxy groups -OCH3 is 1. The molecule has 1 aromatic carbocycles. The predicted octanol–water partition coefficient (Wildman–Crippen LogP) is 2.78. The first-order valence-electron chi connectivity index (χ1n) is 5.46. The summed E-state index contributed by atoms with van der Waals surface area (Å²) in [5, 5.41) is 0. The normalized spacial score (nSPS) is 15.1. The fraction of sp³-hybridized carbons (Fsp3) is 0.538. The Labute approximate surface area is 92.4 Å². The lowest BCUT2D eigenvalue weighted by Crippen LogP contribution is -2.32. The van der Waals surface area contributed by atoms with Crippen molar-refractivity contribution in [2.75, 3.05) is 7.11 Å². The molecule has 0 heterocycles. The molecule has 0 aliphatic rings. The number of hydrogen-bond acceptors (Lipinski definition) is 2. The van der Waals surface area contributed by atoms with Gasteiger partial charge in [-0.3, -0.25) is 0 Å². The molecule has 0 bridgehead atoms. The van der Waals surface area contributed by atoms with Crippen LogP contribution in [-0.4, -0.2) is 13.2 Å². The van der Waals surface area contributed by atoms with Crippen molar-refractivity contribution in [2.24, 2.45) is 11.7 Å².